The Balaban J connectivity index is 2.07. The van der Waals surface area contributed by atoms with E-state index in [1.165, 1.54) is 18.9 Å². The smallest absolute Gasteiger partial charge is 0.184 e. The Morgan fingerprint density at radius 3 is 3.00 bits per heavy atom. The van der Waals surface area contributed by atoms with Gasteiger partial charge in [0.15, 0.2) is 5.76 Å². The van der Waals surface area contributed by atoms with Crippen LogP contribution in [0.2, 0.25) is 0 Å². The molecule has 0 spiro atoms. The van der Waals surface area contributed by atoms with Gasteiger partial charge in [-0.3, -0.25) is 0 Å². The minimum atomic E-state index is 0.761. The maximum Gasteiger partial charge on any atom is 0.184 e. The van der Waals surface area contributed by atoms with E-state index in [1.807, 2.05) is 0 Å². The van der Waals surface area contributed by atoms with Crippen molar-refractivity contribution >= 4 is 0 Å². The molecule has 0 amide bonds. The van der Waals surface area contributed by atoms with Crippen LogP contribution in [0.15, 0.2) is 36.3 Å². The van der Waals surface area contributed by atoms with Crippen molar-refractivity contribution in [1.82, 2.24) is 5.32 Å². The van der Waals surface area contributed by atoms with Gasteiger partial charge in [-0.1, -0.05) is 6.08 Å². The molecule has 0 aromatic carbocycles. The van der Waals surface area contributed by atoms with Gasteiger partial charge in [0.25, 0.3) is 0 Å². The van der Waals surface area contributed by atoms with Gasteiger partial charge in [-0.05, 0) is 12.8 Å². The molecule has 0 radical (unpaired) electrons. The summed E-state index contributed by atoms with van der Waals surface area (Å²) in [5.41, 5.74) is 1.03. The van der Waals surface area contributed by atoms with Crippen molar-refractivity contribution in [3.63, 3.8) is 0 Å². The molecule has 3 nitrogen and oxygen atoms in total. The van der Waals surface area contributed by atoms with Gasteiger partial charge in [-0.15, -0.1) is 0 Å². The zero-order chi connectivity index (χ0) is 8.23. The number of allylic oxidation sites excluding steroid dienone is 1. The minimum absolute atomic E-state index is 0.761. The fraction of sp³-hybridized carbons (Fsp3) is 0.333. The molecule has 1 N–H and O–H groups in total. The van der Waals surface area contributed by atoms with Crippen LogP contribution in [0.3, 0.4) is 0 Å². The second kappa shape index (κ2) is 3.34. The van der Waals surface area contributed by atoms with Gasteiger partial charge >= 0.3 is 0 Å². The summed E-state index contributed by atoms with van der Waals surface area (Å²) >= 11 is 0. The Morgan fingerprint density at radius 2 is 2.33 bits per heavy atom. The number of hydrogen-bond donors (Lipinski definition) is 1. The lowest BCUT2D eigenvalue weighted by molar-refractivity contribution is 0.259. The molecule has 0 unspecified atom stereocenters. The normalized spacial score (nSPS) is 21.3. The molecule has 0 bridgehead atoms. The molecule has 0 atom stereocenters. The van der Waals surface area contributed by atoms with Crippen molar-refractivity contribution in [2.75, 3.05) is 6.54 Å². The first kappa shape index (κ1) is 7.28. The van der Waals surface area contributed by atoms with Crippen molar-refractivity contribution in [1.29, 1.82) is 0 Å². The van der Waals surface area contributed by atoms with Crippen molar-refractivity contribution in [3.05, 3.63) is 36.3 Å². The van der Waals surface area contributed by atoms with E-state index in [0.717, 1.165) is 24.4 Å². The maximum absolute atomic E-state index is 5.24. The molecular formula is C9H11NO2. The fourth-order valence-electron chi connectivity index (χ4n) is 1.22. The molecule has 12 heavy (non-hydrogen) atoms. The molecule has 64 valence electrons. The van der Waals surface area contributed by atoms with E-state index in [1.54, 1.807) is 6.26 Å². The second-order valence-corrected chi connectivity index (χ2v) is 2.70. The SMILES string of the molecule is C1=COC(C2=CCCCN2)=CO1. The molecule has 2 aliphatic rings. The van der Waals surface area contributed by atoms with Crippen LogP contribution in [0.5, 0.6) is 0 Å². The largest absolute Gasteiger partial charge is 0.465 e. The number of ether oxygens (including phenoxy) is 2. The second-order valence-electron chi connectivity index (χ2n) is 2.70. The summed E-state index contributed by atoms with van der Waals surface area (Å²) < 4.78 is 10.2. The van der Waals surface area contributed by atoms with Crippen molar-refractivity contribution in [2.24, 2.45) is 0 Å². The summed E-state index contributed by atoms with van der Waals surface area (Å²) in [6.07, 6.45) is 9.06. The standard InChI is InChI=1S/C9H11NO2/c1-2-4-10-8(3-1)9-7-11-5-6-12-9/h3,5-7,10H,1-2,4H2. The van der Waals surface area contributed by atoms with Gasteiger partial charge in [0.1, 0.15) is 18.8 Å². The first-order chi connectivity index (χ1) is 5.97. The predicted molar refractivity (Wildman–Crippen MR) is 44.7 cm³/mol. The van der Waals surface area contributed by atoms with Gasteiger partial charge in [0.05, 0.1) is 5.70 Å². The quantitative estimate of drug-likeness (QED) is 0.640. The minimum Gasteiger partial charge on any atom is -0.465 e. The summed E-state index contributed by atoms with van der Waals surface area (Å²) in [6, 6.07) is 0. The van der Waals surface area contributed by atoms with Crippen molar-refractivity contribution in [2.45, 2.75) is 12.8 Å². The van der Waals surface area contributed by atoms with E-state index in [-0.39, 0.29) is 0 Å². The predicted octanol–water partition coefficient (Wildman–Crippen LogP) is 1.61. The third-order valence-electron chi connectivity index (χ3n) is 1.81. The summed E-state index contributed by atoms with van der Waals surface area (Å²) in [4.78, 5) is 0. The van der Waals surface area contributed by atoms with E-state index in [0.29, 0.717) is 0 Å². The highest BCUT2D eigenvalue weighted by atomic mass is 16.5. The van der Waals surface area contributed by atoms with Crippen LogP contribution in [-0.4, -0.2) is 6.54 Å². The van der Waals surface area contributed by atoms with Crippen LogP contribution in [0.1, 0.15) is 12.8 Å². The van der Waals surface area contributed by atoms with E-state index < -0.39 is 0 Å². The number of hydrogen-bond acceptors (Lipinski definition) is 3. The number of nitrogens with one attached hydrogen (secondary N) is 1. The van der Waals surface area contributed by atoms with Gasteiger partial charge in [-0.25, -0.2) is 0 Å². The molecule has 2 heterocycles. The van der Waals surface area contributed by atoms with Gasteiger partial charge in [0.2, 0.25) is 0 Å². The molecule has 0 aromatic rings. The average molecular weight is 165 g/mol. The third kappa shape index (κ3) is 1.44. The highest BCUT2D eigenvalue weighted by molar-refractivity contribution is 5.25. The Kier molecular flexibility index (Phi) is 2.03. The molecule has 0 aromatic heterocycles. The summed E-state index contributed by atoms with van der Waals surface area (Å²) in [5.74, 6) is 0.761. The number of rotatable bonds is 1. The zero-order valence-electron chi connectivity index (χ0n) is 6.75. The summed E-state index contributed by atoms with van der Waals surface area (Å²) in [5, 5.41) is 3.24. The molecule has 2 aliphatic heterocycles. The van der Waals surface area contributed by atoms with E-state index in [9.17, 15) is 0 Å². The fourth-order valence-corrected chi connectivity index (χ4v) is 1.22. The van der Waals surface area contributed by atoms with Crippen LogP contribution < -0.4 is 5.32 Å². The highest BCUT2D eigenvalue weighted by Crippen LogP contribution is 2.16. The van der Waals surface area contributed by atoms with Crippen molar-refractivity contribution < 1.29 is 9.47 Å². The van der Waals surface area contributed by atoms with Crippen LogP contribution >= 0.6 is 0 Å². The molecule has 0 saturated heterocycles. The van der Waals surface area contributed by atoms with Gasteiger partial charge in [-0.2, -0.15) is 0 Å². The monoisotopic (exact) mass is 165 g/mol. The lowest BCUT2D eigenvalue weighted by Gasteiger charge is -2.18. The molecule has 0 fully saturated rings. The van der Waals surface area contributed by atoms with Crippen LogP contribution in [0, 0.1) is 0 Å². The molecule has 0 aliphatic carbocycles. The summed E-state index contributed by atoms with van der Waals surface area (Å²) in [6.45, 7) is 1.01. The molecule has 0 saturated carbocycles. The highest BCUT2D eigenvalue weighted by Gasteiger charge is 2.10. The Morgan fingerprint density at radius 1 is 1.33 bits per heavy atom. The lowest BCUT2D eigenvalue weighted by atomic mass is 10.2. The van der Waals surface area contributed by atoms with Crippen LogP contribution in [-0.2, 0) is 9.47 Å². The first-order valence-corrected chi connectivity index (χ1v) is 4.08. The third-order valence-corrected chi connectivity index (χ3v) is 1.81. The van der Waals surface area contributed by atoms with Gasteiger partial charge < -0.3 is 14.8 Å². The Hall–Kier alpha value is -1.38. The topological polar surface area (TPSA) is 30.5 Å². The zero-order valence-corrected chi connectivity index (χ0v) is 6.75. The summed E-state index contributed by atoms with van der Waals surface area (Å²) in [7, 11) is 0. The Bertz CT molecular complexity index is 247. The maximum atomic E-state index is 5.24. The lowest BCUT2D eigenvalue weighted by Crippen LogP contribution is -2.20. The molecule has 3 heteroatoms. The first-order valence-electron chi connectivity index (χ1n) is 4.08. The molecular weight excluding hydrogens is 154 g/mol. The molecule has 2 rings (SSSR count). The van der Waals surface area contributed by atoms with E-state index in [4.69, 9.17) is 9.47 Å². The van der Waals surface area contributed by atoms with Crippen LogP contribution in [0.25, 0.3) is 0 Å². The van der Waals surface area contributed by atoms with E-state index >= 15 is 0 Å². The average Bonchev–Trinajstić information content (AvgIpc) is 2.21. The Labute approximate surface area is 71.4 Å². The van der Waals surface area contributed by atoms with Crippen molar-refractivity contribution in [3.8, 4) is 0 Å². The van der Waals surface area contributed by atoms with Gasteiger partial charge in [0, 0.05) is 6.54 Å². The van der Waals surface area contributed by atoms with Crippen LogP contribution in [0.4, 0.5) is 0 Å². The van der Waals surface area contributed by atoms with E-state index in [2.05, 4.69) is 11.4 Å².